The molecule has 1 aromatic heterocycles. The summed E-state index contributed by atoms with van der Waals surface area (Å²) in [5.41, 5.74) is 9.83. The van der Waals surface area contributed by atoms with Gasteiger partial charge in [-0.2, -0.15) is 0 Å². The van der Waals surface area contributed by atoms with Gasteiger partial charge in [0.05, 0.1) is 0 Å². The van der Waals surface area contributed by atoms with Crippen LogP contribution in [0.1, 0.15) is 25.0 Å². The normalized spacial score (nSPS) is 14.1. The first-order valence-corrected chi connectivity index (χ1v) is 12.6. The third-order valence-corrected chi connectivity index (χ3v) is 8.26. The van der Waals surface area contributed by atoms with Crippen molar-refractivity contribution in [1.29, 1.82) is 0 Å². The fourth-order valence-corrected chi connectivity index (χ4v) is 6.61. The maximum absolute atomic E-state index is 6.15. The highest BCUT2D eigenvalue weighted by atomic mass is 16.3. The standard InChI is InChI=1S/C35H24O/c1-35(2)28-15-7-5-13-25(28)33-24-12-4-3-11-23(24)32(26-14-9-16-29(35)34(26)33)21-18-19-31-27(20-21)22-10-6-8-17-30(22)36-31/h3-20H,1-2H3. The van der Waals surface area contributed by atoms with Crippen LogP contribution in [-0.4, -0.2) is 0 Å². The number of fused-ring (bicyclic) bond motifs is 7. The molecule has 0 radical (unpaired) electrons. The largest absolute Gasteiger partial charge is 0.456 e. The zero-order chi connectivity index (χ0) is 24.0. The fraction of sp³-hybridized carbons (Fsp3) is 0.0857. The quantitative estimate of drug-likeness (QED) is 0.222. The molecule has 0 bridgehead atoms. The van der Waals surface area contributed by atoms with Crippen LogP contribution in [-0.2, 0) is 5.41 Å². The summed E-state index contributed by atoms with van der Waals surface area (Å²) >= 11 is 0. The molecule has 0 amide bonds. The van der Waals surface area contributed by atoms with Gasteiger partial charge in [0.2, 0.25) is 0 Å². The van der Waals surface area contributed by atoms with E-state index in [1.165, 1.54) is 60.3 Å². The Kier molecular flexibility index (Phi) is 3.79. The molecule has 1 aliphatic carbocycles. The van der Waals surface area contributed by atoms with E-state index in [9.17, 15) is 0 Å². The van der Waals surface area contributed by atoms with Crippen molar-refractivity contribution in [2.75, 3.05) is 0 Å². The molecule has 0 aliphatic heterocycles. The minimum atomic E-state index is -0.0758. The maximum Gasteiger partial charge on any atom is 0.135 e. The van der Waals surface area contributed by atoms with Gasteiger partial charge in [0.1, 0.15) is 11.2 Å². The summed E-state index contributed by atoms with van der Waals surface area (Å²) in [7, 11) is 0. The van der Waals surface area contributed by atoms with Gasteiger partial charge in [0.15, 0.2) is 0 Å². The summed E-state index contributed by atoms with van der Waals surface area (Å²) in [6.45, 7) is 4.73. The third kappa shape index (κ3) is 2.45. The lowest BCUT2D eigenvalue weighted by atomic mass is 9.67. The third-order valence-electron chi connectivity index (χ3n) is 8.26. The van der Waals surface area contributed by atoms with Crippen molar-refractivity contribution in [3.63, 3.8) is 0 Å². The van der Waals surface area contributed by atoms with E-state index in [1.54, 1.807) is 0 Å². The number of furan rings is 1. The molecule has 0 fully saturated rings. The van der Waals surface area contributed by atoms with Gasteiger partial charge in [-0.05, 0) is 73.1 Å². The van der Waals surface area contributed by atoms with Gasteiger partial charge in [-0.1, -0.05) is 105 Å². The van der Waals surface area contributed by atoms with Gasteiger partial charge < -0.3 is 4.42 Å². The number of hydrogen-bond acceptors (Lipinski definition) is 1. The van der Waals surface area contributed by atoms with E-state index < -0.39 is 0 Å². The predicted molar refractivity (Wildman–Crippen MR) is 152 cm³/mol. The Morgan fingerprint density at radius 1 is 0.500 bits per heavy atom. The molecule has 0 atom stereocenters. The highest BCUT2D eigenvalue weighted by Crippen LogP contribution is 2.53. The number of benzene rings is 6. The van der Waals surface area contributed by atoms with E-state index in [1.807, 2.05) is 12.1 Å². The summed E-state index contributed by atoms with van der Waals surface area (Å²) in [5, 5.41) is 7.63. The minimum Gasteiger partial charge on any atom is -0.456 e. The van der Waals surface area contributed by atoms with Crippen molar-refractivity contribution in [2.45, 2.75) is 19.3 Å². The van der Waals surface area contributed by atoms with E-state index in [-0.39, 0.29) is 5.41 Å². The van der Waals surface area contributed by atoms with Gasteiger partial charge in [0.25, 0.3) is 0 Å². The Bertz CT molecular complexity index is 2020. The summed E-state index contributed by atoms with van der Waals surface area (Å²) < 4.78 is 6.15. The van der Waals surface area contributed by atoms with E-state index in [2.05, 4.69) is 111 Å². The molecule has 0 saturated carbocycles. The Morgan fingerprint density at radius 2 is 1.14 bits per heavy atom. The van der Waals surface area contributed by atoms with Crippen LogP contribution in [0, 0.1) is 0 Å². The molecular weight excluding hydrogens is 436 g/mol. The molecule has 0 saturated heterocycles. The summed E-state index contributed by atoms with van der Waals surface area (Å²) in [6, 6.07) is 39.7. The SMILES string of the molecule is CC1(C)c2ccccc2-c2c3ccccc3c(-c3ccc4oc5ccccc5c4c3)c3cccc1c23. The highest BCUT2D eigenvalue weighted by molar-refractivity contribution is 6.24. The Hall–Kier alpha value is -4.36. The predicted octanol–water partition coefficient (Wildman–Crippen LogP) is 9.87. The number of rotatable bonds is 1. The van der Waals surface area contributed by atoms with Crippen LogP contribution >= 0.6 is 0 Å². The van der Waals surface area contributed by atoms with E-state index in [0.717, 1.165) is 16.6 Å². The molecule has 1 heteroatoms. The Labute approximate surface area is 209 Å². The van der Waals surface area contributed by atoms with Crippen LogP contribution in [0.3, 0.4) is 0 Å². The second-order valence-electron chi connectivity index (χ2n) is 10.5. The van der Waals surface area contributed by atoms with Crippen LogP contribution < -0.4 is 0 Å². The highest BCUT2D eigenvalue weighted by Gasteiger charge is 2.34. The first kappa shape index (κ1) is 19.9. The van der Waals surface area contributed by atoms with Crippen molar-refractivity contribution in [3.05, 3.63) is 120 Å². The molecule has 1 aliphatic rings. The topological polar surface area (TPSA) is 13.1 Å². The average Bonchev–Trinajstić information content (AvgIpc) is 3.29. The van der Waals surface area contributed by atoms with E-state index in [0.29, 0.717) is 0 Å². The van der Waals surface area contributed by atoms with Crippen molar-refractivity contribution in [1.82, 2.24) is 0 Å². The number of para-hydroxylation sites is 1. The second kappa shape index (κ2) is 6.86. The molecule has 6 aromatic carbocycles. The van der Waals surface area contributed by atoms with Crippen LogP contribution in [0.25, 0.3) is 65.7 Å². The van der Waals surface area contributed by atoms with Crippen molar-refractivity contribution in [3.8, 4) is 22.3 Å². The molecular formula is C35H24O. The minimum absolute atomic E-state index is 0.0758. The van der Waals surface area contributed by atoms with Crippen LogP contribution in [0.4, 0.5) is 0 Å². The van der Waals surface area contributed by atoms with E-state index >= 15 is 0 Å². The smallest absolute Gasteiger partial charge is 0.135 e. The number of hydrogen-bond donors (Lipinski definition) is 0. The van der Waals surface area contributed by atoms with Crippen LogP contribution in [0.5, 0.6) is 0 Å². The van der Waals surface area contributed by atoms with Gasteiger partial charge in [-0.3, -0.25) is 0 Å². The maximum atomic E-state index is 6.15. The molecule has 1 heterocycles. The van der Waals surface area contributed by atoms with Crippen LogP contribution in [0.2, 0.25) is 0 Å². The zero-order valence-corrected chi connectivity index (χ0v) is 20.3. The Balaban J connectivity index is 1.58. The lowest BCUT2D eigenvalue weighted by Crippen LogP contribution is -2.23. The molecule has 0 spiro atoms. The fourth-order valence-electron chi connectivity index (χ4n) is 6.61. The van der Waals surface area contributed by atoms with Gasteiger partial charge in [0, 0.05) is 16.2 Å². The van der Waals surface area contributed by atoms with Crippen molar-refractivity contribution < 1.29 is 4.42 Å². The van der Waals surface area contributed by atoms with Gasteiger partial charge in [-0.15, -0.1) is 0 Å². The molecule has 7 aromatic rings. The van der Waals surface area contributed by atoms with Gasteiger partial charge >= 0.3 is 0 Å². The molecule has 8 rings (SSSR count). The summed E-state index contributed by atoms with van der Waals surface area (Å²) in [6.07, 6.45) is 0. The lowest BCUT2D eigenvalue weighted by Gasteiger charge is -2.36. The zero-order valence-electron chi connectivity index (χ0n) is 20.3. The summed E-state index contributed by atoms with van der Waals surface area (Å²) in [5.74, 6) is 0. The van der Waals surface area contributed by atoms with Crippen LogP contribution in [0.15, 0.2) is 114 Å². The Morgan fingerprint density at radius 3 is 2.00 bits per heavy atom. The molecule has 0 N–H and O–H groups in total. The summed E-state index contributed by atoms with van der Waals surface area (Å²) in [4.78, 5) is 0. The molecule has 36 heavy (non-hydrogen) atoms. The molecule has 0 unspecified atom stereocenters. The van der Waals surface area contributed by atoms with Gasteiger partial charge in [-0.25, -0.2) is 0 Å². The molecule has 1 nitrogen and oxygen atoms in total. The van der Waals surface area contributed by atoms with E-state index in [4.69, 9.17) is 4.42 Å². The average molecular weight is 461 g/mol. The monoisotopic (exact) mass is 460 g/mol. The second-order valence-corrected chi connectivity index (χ2v) is 10.5. The van der Waals surface area contributed by atoms with Crippen molar-refractivity contribution >= 4 is 43.5 Å². The molecule has 170 valence electrons. The lowest BCUT2D eigenvalue weighted by molar-refractivity contribution is 0.645. The first-order valence-electron chi connectivity index (χ1n) is 12.6. The first-order chi connectivity index (χ1) is 17.6. The van der Waals surface area contributed by atoms with Crippen molar-refractivity contribution in [2.24, 2.45) is 0 Å².